The lowest BCUT2D eigenvalue weighted by molar-refractivity contribution is -0.0237. The second kappa shape index (κ2) is 9.31. The molecule has 1 aromatic carbocycles. The minimum atomic E-state index is -0.451. The average Bonchev–Trinajstić information content (AvgIpc) is 3.12. The number of benzene rings is 1. The van der Waals surface area contributed by atoms with Crippen molar-refractivity contribution in [1.82, 2.24) is 9.88 Å². The molecule has 4 atom stereocenters. The van der Waals surface area contributed by atoms with Crippen LogP contribution >= 0.6 is 0 Å². The molecule has 1 aliphatic heterocycles. The Hall–Kier alpha value is -2.18. The van der Waals surface area contributed by atoms with Crippen LogP contribution in [-0.4, -0.2) is 53.4 Å². The Labute approximate surface area is 177 Å². The molecule has 4 rings (SSSR count). The van der Waals surface area contributed by atoms with E-state index in [2.05, 4.69) is 16.8 Å². The van der Waals surface area contributed by atoms with E-state index in [0.717, 1.165) is 56.0 Å². The number of aliphatic hydroxyl groups excluding tert-OH is 1. The van der Waals surface area contributed by atoms with Gasteiger partial charge in [-0.05, 0) is 74.4 Å². The summed E-state index contributed by atoms with van der Waals surface area (Å²) in [5.74, 6) is 2.25. The van der Waals surface area contributed by atoms with E-state index in [1.54, 1.807) is 12.1 Å². The van der Waals surface area contributed by atoms with E-state index in [0.29, 0.717) is 24.2 Å². The lowest BCUT2D eigenvalue weighted by Gasteiger charge is -2.35. The summed E-state index contributed by atoms with van der Waals surface area (Å²) in [5.41, 5.74) is 1.94. The first-order valence-electron chi connectivity index (χ1n) is 10.9. The number of rotatable bonds is 7. The number of fused-ring (bicyclic) bond motifs is 1. The zero-order valence-corrected chi connectivity index (χ0v) is 17.8. The molecule has 2 fully saturated rings. The fourth-order valence-corrected chi connectivity index (χ4v) is 4.74. The van der Waals surface area contributed by atoms with Gasteiger partial charge in [-0.3, -0.25) is 9.88 Å². The van der Waals surface area contributed by atoms with Crippen molar-refractivity contribution in [3.05, 3.63) is 53.6 Å². The highest BCUT2D eigenvalue weighted by Crippen LogP contribution is 2.38. The highest BCUT2D eigenvalue weighted by atomic mass is 19.1. The molecule has 5 nitrogen and oxygen atoms in total. The van der Waals surface area contributed by atoms with Crippen LogP contribution in [0.2, 0.25) is 0 Å². The number of likely N-dealkylation sites (tertiary alicyclic amines) is 1. The number of nitrogens with zero attached hydrogens (tertiary/aromatic N) is 2. The molecule has 162 valence electrons. The number of aromatic nitrogens is 1. The molecule has 1 aliphatic carbocycles. The van der Waals surface area contributed by atoms with Crippen LogP contribution in [0.5, 0.6) is 11.5 Å². The summed E-state index contributed by atoms with van der Waals surface area (Å²) in [6, 6.07) is 10.1. The fraction of sp³-hybridized carbons (Fsp3) is 0.542. The van der Waals surface area contributed by atoms with E-state index in [1.807, 2.05) is 19.1 Å². The van der Waals surface area contributed by atoms with E-state index in [-0.39, 0.29) is 11.9 Å². The van der Waals surface area contributed by atoms with Crippen molar-refractivity contribution in [2.24, 2.45) is 11.8 Å². The number of hydrogen-bond acceptors (Lipinski definition) is 5. The minimum Gasteiger partial charge on any atom is -0.492 e. The summed E-state index contributed by atoms with van der Waals surface area (Å²) in [5, 5.41) is 10.7. The minimum absolute atomic E-state index is 0.184. The Kier molecular flexibility index (Phi) is 6.54. The largest absolute Gasteiger partial charge is 0.492 e. The number of hydrogen-bond donors (Lipinski definition) is 1. The van der Waals surface area contributed by atoms with Gasteiger partial charge < -0.3 is 14.6 Å². The monoisotopic (exact) mass is 414 g/mol. The summed E-state index contributed by atoms with van der Waals surface area (Å²) in [7, 11) is 0. The third-order valence-corrected chi connectivity index (χ3v) is 6.34. The fourth-order valence-electron chi connectivity index (χ4n) is 4.74. The maximum absolute atomic E-state index is 13.0. The van der Waals surface area contributed by atoms with Gasteiger partial charge in [0.15, 0.2) is 0 Å². The second-order valence-corrected chi connectivity index (χ2v) is 8.53. The van der Waals surface area contributed by atoms with Crippen LogP contribution in [0.3, 0.4) is 0 Å². The first-order chi connectivity index (χ1) is 14.5. The van der Waals surface area contributed by atoms with Gasteiger partial charge in [0.2, 0.25) is 0 Å². The SMILES string of the molecule is CCc1nc(C)ccc1O[C@@H]1C[C@@H]2CN(CCOc3ccc(F)cc3)C[C@@H]2C[C@H]1O. The van der Waals surface area contributed by atoms with Gasteiger partial charge in [-0.1, -0.05) is 6.92 Å². The van der Waals surface area contributed by atoms with Gasteiger partial charge >= 0.3 is 0 Å². The Morgan fingerprint density at radius 3 is 2.57 bits per heavy atom. The van der Waals surface area contributed by atoms with Crippen molar-refractivity contribution in [2.45, 2.75) is 45.3 Å². The van der Waals surface area contributed by atoms with E-state index < -0.39 is 6.10 Å². The summed E-state index contributed by atoms with van der Waals surface area (Å²) in [6.45, 7) is 7.43. The first-order valence-corrected chi connectivity index (χ1v) is 10.9. The molecule has 30 heavy (non-hydrogen) atoms. The Morgan fingerprint density at radius 1 is 1.10 bits per heavy atom. The quantitative estimate of drug-likeness (QED) is 0.750. The van der Waals surface area contributed by atoms with Crippen molar-refractivity contribution < 1.29 is 19.0 Å². The Balaban J connectivity index is 1.30. The summed E-state index contributed by atoms with van der Waals surface area (Å²) >= 11 is 0. The lowest BCUT2D eigenvalue weighted by atomic mass is 9.78. The van der Waals surface area contributed by atoms with Crippen LogP contribution in [0.15, 0.2) is 36.4 Å². The molecule has 2 heterocycles. The van der Waals surface area contributed by atoms with Crippen molar-refractivity contribution in [3.8, 4) is 11.5 Å². The molecule has 0 unspecified atom stereocenters. The summed E-state index contributed by atoms with van der Waals surface area (Å²) < 4.78 is 25.0. The number of aryl methyl sites for hydroxylation is 2. The first kappa shape index (κ1) is 21.1. The van der Waals surface area contributed by atoms with Gasteiger partial charge in [0.25, 0.3) is 0 Å². The number of halogens is 1. The van der Waals surface area contributed by atoms with Crippen LogP contribution in [0.4, 0.5) is 4.39 Å². The molecule has 2 aromatic rings. The van der Waals surface area contributed by atoms with Crippen LogP contribution in [0.25, 0.3) is 0 Å². The van der Waals surface area contributed by atoms with E-state index in [4.69, 9.17) is 9.47 Å². The van der Waals surface area contributed by atoms with Crippen molar-refractivity contribution in [1.29, 1.82) is 0 Å². The van der Waals surface area contributed by atoms with Gasteiger partial charge in [0.1, 0.15) is 30.0 Å². The third-order valence-electron chi connectivity index (χ3n) is 6.34. The van der Waals surface area contributed by atoms with Crippen LogP contribution in [0, 0.1) is 24.6 Å². The van der Waals surface area contributed by atoms with Crippen molar-refractivity contribution in [2.75, 3.05) is 26.2 Å². The highest BCUT2D eigenvalue weighted by Gasteiger charge is 2.42. The van der Waals surface area contributed by atoms with Gasteiger partial charge in [-0.25, -0.2) is 4.39 Å². The molecule has 0 bridgehead atoms. The molecule has 2 aliphatic rings. The molecule has 1 saturated carbocycles. The molecular weight excluding hydrogens is 383 g/mol. The molecule has 1 aromatic heterocycles. The van der Waals surface area contributed by atoms with Crippen molar-refractivity contribution >= 4 is 0 Å². The number of ether oxygens (including phenoxy) is 2. The maximum Gasteiger partial charge on any atom is 0.141 e. The number of aliphatic hydroxyl groups is 1. The molecule has 1 saturated heterocycles. The average molecular weight is 415 g/mol. The van der Waals surface area contributed by atoms with Crippen LogP contribution in [-0.2, 0) is 6.42 Å². The number of pyridine rings is 1. The maximum atomic E-state index is 13.0. The van der Waals surface area contributed by atoms with Gasteiger partial charge in [0, 0.05) is 25.3 Å². The van der Waals surface area contributed by atoms with Gasteiger partial charge in [-0.15, -0.1) is 0 Å². The van der Waals surface area contributed by atoms with Crippen LogP contribution in [0.1, 0.15) is 31.2 Å². The Morgan fingerprint density at radius 2 is 1.83 bits per heavy atom. The van der Waals surface area contributed by atoms with E-state index in [1.165, 1.54) is 12.1 Å². The second-order valence-electron chi connectivity index (χ2n) is 8.53. The molecule has 0 amide bonds. The Bertz CT molecular complexity index is 845. The molecule has 0 spiro atoms. The molecule has 1 N–H and O–H groups in total. The van der Waals surface area contributed by atoms with Crippen LogP contribution < -0.4 is 9.47 Å². The lowest BCUT2D eigenvalue weighted by Crippen LogP contribution is -2.42. The van der Waals surface area contributed by atoms with Gasteiger partial charge in [-0.2, -0.15) is 0 Å². The molecule has 0 radical (unpaired) electrons. The van der Waals surface area contributed by atoms with E-state index in [9.17, 15) is 9.50 Å². The standard InChI is InChI=1S/C24H31FN2O3/c1-3-21-23(9-4-16(2)26-21)30-24-13-18-15-27(14-17(18)12-22(24)28)10-11-29-20-7-5-19(25)6-8-20/h4-9,17-18,22,24,28H,3,10-15H2,1-2H3/t17-,18+,22+,24+/m0/s1. The zero-order valence-electron chi connectivity index (χ0n) is 17.8. The van der Waals surface area contributed by atoms with E-state index >= 15 is 0 Å². The third kappa shape index (κ3) is 4.93. The molecular formula is C24H31FN2O3. The predicted molar refractivity (Wildman–Crippen MR) is 113 cm³/mol. The molecule has 6 heteroatoms. The summed E-state index contributed by atoms with van der Waals surface area (Å²) in [4.78, 5) is 6.98. The highest BCUT2D eigenvalue weighted by molar-refractivity contribution is 5.29. The van der Waals surface area contributed by atoms with Gasteiger partial charge in [0.05, 0.1) is 11.8 Å². The smallest absolute Gasteiger partial charge is 0.141 e. The zero-order chi connectivity index (χ0) is 21.1. The summed E-state index contributed by atoms with van der Waals surface area (Å²) in [6.07, 6.45) is 1.81. The predicted octanol–water partition coefficient (Wildman–Crippen LogP) is 3.62. The van der Waals surface area contributed by atoms with Crippen molar-refractivity contribution in [3.63, 3.8) is 0 Å². The normalized spacial score (nSPS) is 26.4. The topological polar surface area (TPSA) is 54.8 Å².